The lowest BCUT2D eigenvalue weighted by Crippen LogP contribution is -2.22. The molecular formula is C20H14ClF3N4O2S. The molecule has 0 aliphatic heterocycles. The SMILES string of the molecule is Cc1cccc(C(=O)NN=Cc2cccs2)c1NC(=O)c1ncc(C(F)(F)F)cc1Cl. The lowest BCUT2D eigenvalue weighted by Gasteiger charge is -2.14. The van der Waals surface area contributed by atoms with Gasteiger partial charge in [0.1, 0.15) is 5.69 Å². The lowest BCUT2D eigenvalue weighted by atomic mass is 10.1. The van der Waals surface area contributed by atoms with Crippen molar-refractivity contribution in [1.29, 1.82) is 0 Å². The molecule has 0 aliphatic carbocycles. The highest BCUT2D eigenvalue weighted by atomic mass is 35.5. The maximum atomic E-state index is 12.8. The number of hydrogen-bond donors (Lipinski definition) is 2. The number of rotatable bonds is 5. The van der Waals surface area contributed by atoms with Gasteiger partial charge in [-0.2, -0.15) is 18.3 Å². The number of anilines is 1. The second-order valence-electron chi connectivity index (χ2n) is 6.22. The lowest BCUT2D eigenvalue weighted by molar-refractivity contribution is -0.137. The van der Waals surface area contributed by atoms with E-state index in [4.69, 9.17) is 11.6 Å². The average molecular weight is 467 g/mol. The maximum Gasteiger partial charge on any atom is 0.417 e. The van der Waals surface area contributed by atoms with Gasteiger partial charge in [-0.1, -0.05) is 29.8 Å². The number of hydrogen-bond acceptors (Lipinski definition) is 5. The first-order valence-electron chi connectivity index (χ1n) is 8.67. The van der Waals surface area contributed by atoms with Gasteiger partial charge in [0.15, 0.2) is 0 Å². The first-order chi connectivity index (χ1) is 14.7. The summed E-state index contributed by atoms with van der Waals surface area (Å²) in [6.07, 6.45) is -2.65. The summed E-state index contributed by atoms with van der Waals surface area (Å²) in [6.45, 7) is 1.66. The van der Waals surface area contributed by atoms with Crippen LogP contribution in [0.2, 0.25) is 5.02 Å². The van der Waals surface area contributed by atoms with E-state index in [-0.39, 0.29) is 11.3 Å². The van der Waals surface area contributed by atoms with Gasteiger partial charge in [0.05, 0.1) is 28.1 Å². The number of para-hydroxylation sites is 1. The first-order valence-corrected chi connectivity index (χ1v) is 9.93. The Morgan fingerprint density at radius 3 is 2.61 bits per heavy atom. The van der Waals surface area contributed by atoms with Gasteiger partial charge in [-0.25, -0.2) is 10.4 Å². The van der Waals surface area contributed by atoms with Crippen molar-refractivity contribution >= 4 is 46.7 Å². The molecule has 3 rings (SSSR count). The van der Waals surface area contributed by atoms with E-state index in [9.17, 15) is 22.8 Å². The zero-order valence-electron chi connectivity index (χ0n) is 15.8. The molecule has 0 saturated carbocycles. The highest BCUT2D eigenvalue weighted by Gasteiger charge is 2.32. The van der Waals surface area contributed by atoms with Crippen LogP contribution in [-0.2, 0) is 6.18 Å². The normalized spacial score (nSPS) is 11.5. The van der Waals surface area contributed by atoms with Crippen LogP contribution in [0.3, 0.4) is 0 Å². The predicted octanol–water partition coefficient (Wildman–Crippen LogP) is 5.14. The molecule has 160 valence electrons. The Morgan fingerprint density at radius 1 is 1.19 bits per heavy atom. The van der Waals surface area contributed by atoms with Crippen molar-refractivity contribution < 1.29 is 22.8 Å². The van der Waals surface area contributed by atoms with Crippen molar-refractivity contribution in [3.05, 3.63) is 80.3 Å². The average Bonchev–Trinajstić information content (AvgIpc) is 3.22. The summed E-state index contributed by atoms with van der Waals surface area (Å²) in [4.78, 5) is 29.5. The molecule has 0 aliphatic rings. The van der Waals surface area contributed by atoms with Gasteiger partial charge >= 0.3 is 6.18 Å². The zero-order valence-corrected chi connectivity index (χ0v) is 17.4. The molecular weight excluding hydrogens is 453 g/mol. The third-order valence-electron chi connectivity index (χ3n) is 4.04. The summed E-state index contributed by atoms with van der Waals surface area (Å²) < 4.78 is 38.3. The largest absolute Gasteiger partial charge is 0.417 e. The number of nitrogens with zero attached hydrogens (tertiary/aromatic N) is 2. The highest BCUT2D eigenvalue weighted by molar-refractivity contribution is 7.11. The summed E-state index contributed by atoms with van der Waals surface area (Å²) in [7, 11) is 0. The Bertz CT molecular complexity index is 1150. The van der Waals surface area contributed by atoms with E-state index in [0.29, 0.717) is 17.8 Å². The predicted molar refractivity (Wildman–Crippen MR) is 113 cm³/mol. The maximum absolute atomic E-state index is 12.8. The van der Waals surface area contributed by atoms with Crippen molar-refractivity contribution in [1.82, 2.24) is 10.4 Å². The van der Waals surface area contributed by atoms with Crippen LogP contribution < -0.4 is 10.7 Å². The Hall–Kier alpha value is -3.24. The molecule has 0 spiro atoms. The molecule has 0 unspecified atom stereocenters. The fourth-order valence-electron chi connectivity index (χ4n) is 2.54. The van der Waals surface area contributed by atoms with E-state index in [1.165, 1.54) is 23.6 Å². The van der Waals surface area contributed by atoms with Crippen molar-refractivity contribution in [3.8, 4) is 0 Å². The molecule has 0 radical (unpaired) electrons. The van der Waals surface area contributed by atoms with Crippen molar-refractivity contribution in [2.75, 3.05) is 5.32 Å². The van der Waals surface area contributed by atoms with Gasteiger partial charge in [-0.15, -0.1) is 11.3 Å². The molecule has 2 amide bonds. The Balaban J connectivity index is 1.82. The molecule has 0 atom stereocenters. The molecule has 2 heterocycles. The van der Waals surface area contributed by atoms with E-state index in [1.807, 2.05) is 17.5 Å². The molecule has 1 aromatic carbocycles. The third kappa shape index (κ3) is 5.47. The number of benzene rings is 1. The fourth-order valence-corrected chi connectivity index (χ4v) is 3.37. The minimum absolute atomic E-state index is 0.111. The van der Waals surface area contributed by atoms with E-state index in [2.05, 4.69) is 20.8 Å². The number of carbonyl (C=O) groups is 2. The van der Waals surface area contributed by atoms with E-state index in [1.54, 1.807) is 19.1 Å². The summed E-state index contributed by atoms with van der Waals surface area (Å²) >= 11 is 7.27. The Labute approximate surface area is 183 Å². The number of pyridine rings is 1. The Kier molecular flexibility index (Phi) is 6.71. The van der Waals surface area contributed by atoms with Gasteiger partial charge in [0.25, 0.3) is 11.8 Å². The van der Waals surface area contributed by atoms with Crippen LogP contribution >= 0.6 is 22.9 Å². The van der Waals surface area contributed by atoms with E-state index >= 15 is 0 Å². The number of aryl methyl sites for hydroxylation is 1. The van der Waals surface area contributed by atoms with Crippen LogP contribution in [0.5, 0.6) is 0 Å². The molecule has 0 fully saturated rings. The third-order valence-corrected chi connectivity index (χ3v) is 5.14. The molecule has 6 nitrogen and oxygen atoms in total. The van der Waals surface area contributed by atoms with E-state index < -0.39 is 34.3 Å². The smallest absolute Gasteiger partial charge is 0.320 e. The number of aromatic nitrogens is 1. The van der Waals surface area contributed by atoms with Gasteiger partial charge in [-0.3, -0.25) is 9.59 Å². The summed E-state index contributed by atoms with van der Waals surface area (Å²) in [5.74, 6) is -1.44. The monoisotopic (exact) mass is 466 g/mol. The van der Waals surface area contributed by atoms with Crippen molar-refractivity contribution in [2.24, 2.45) is 5.10 Å². The van der Waals surface area contributed by atoms with Crippen LogP contribution in [0.15, 0.2) is 53.1 Å². The molecule has 2 aromatic heterocycles. The number of carbonyl (C=O) groups excluding carboxylic acids is 2. The van der Waals surface area contributed by atoms with E-state index in [0.717, 1.165) is 4.88 Å². The van der Waals surface area contributed by atoms with Crippen LogP contribution in [0.1, 0.15) is 36.9 Å². The van der Waals surface area contributed by atoms with Gasteiger partial charge in [0, 0.05) is 11.1 Å². The van der Waals surface area contributed by atoms with Crippen LogP contribution in [0.4, 0.5) is 18.9 Å². The zero-order chi connectivity index (χ0) is 22.6. The number of nitrogens with one attached hydrogen (secondary N) is 2. The molecule has 3 aromatic rings. The second kappa shape index (κ2) is 9.27. The highest BCUT2D eigenvalue weighted by Crippen LogP contribution is 2.31. The van der Waals surface area contributed by atoms with Gasteiger partial charge < -0.3 is 5.32 Å². The van der Waals surface area contributed by atoms with Crippen molar-refractivity contribution in [3.63, 3.8) is 0 Å². The number of thiophene rings is 1. The van der Waals surface area contributed by atoms with Crippen LogP contribution in [0.25, 0.3) is 0 Å². The number of amides is 2. The number of hydrazone groups is 1. The van der Waals surface area contributed by atoms with Crippen LogP contribution in [-0.4, -0.2) is 23.0 Å². The number of alkyl halides is 3. The fraction of sp³-hybridized carbons (Fsp3) is 0.100. The Morgan fingerprint density at radius 2 is 1.97 bits per heavy atom. The van der Waals surface area contributed by atoms with Gasteiger partial charge in [0.2, 0.25) is 0 Å². The minimum Gasteiger partial charge on any atom is -0.320 e. The molecule has 0 saturated heterocycles. The molecule has 11 heteroatoms. The molecule has 2 N–H and O–H groups in total. The second-order valence-corrected chi connectivity index (χ2v) is 7.60. The number of halogens is 4. The van der Waals surface area contributed by atoms with Crippen molar-refractivity contribution in [2.45, 2.75) is 13.1 Å². The molecule has 0 bridgehead atoms. The summed E-state index contributed by atoms with van der Waals surface area (Å²) in [6, 6.07) is 9.02. The minimum atomic E-state index is -4.64. The first kappa shape index (κ1) is 22.4. The van der Waals surface area contributed by atoms with Gasteiger partial charge in [-0.05, 0) is 36.1 Å². The quantitative estimate of drug-likeness (QED) is 0.403. The summed E-state index contributed by atoms with van der Waals surface area (Å²) in [5.41, 5.74) is 1.71. The standard InChI is InChI=1S/C20H14ClF3N4O2S/c1-11-4-2-6-14(18(29)28-26-10-13-5-3-7-31-13)16(11)27-19(30)17-15(21)8-12(9-25-17)20(22,23)24/h2-10H,1H3,(H,27,30)(H,28,29). The molecule has 31 heavy (non-hydrogen) atoms. The summed E-state index contributed by atoms with van der Waals surface area (Å²) in [5, 5.41) is 7.77. The topological polar surface area (TPSA) is 83.5 Å². The van der Waals surface area contributed by atoms with Crippen LogP contribution in [0, 0.1) is 6.92 Å².